The molecule has 10 heteroatoms. The van der Waals surface area contributed by atoms with Crippen LogP contribution in [0.5, 0.6) is 0 Å². The lowest BCUT2D eigenvalue weighted by Crippen LogP contribution is -2.51. The Bertz CT molecular complexity index is 963. The van der Waals surface area contributed by atoms with E-state index in [1.54, 1.807) is 30.3 Å². The quantitative estimate of drug-likeness (QED) is 0.446. The van der Waals surface area contributed by atoms with Crippen molar-refractivity contribution < 1.29 is 28.7 Å². The first-order valence-corrected chi connectivity index (χ1v) is 11.4. The van der Waals surface area contributed by atoms with Gasteiger partial charge < -0.3 is 15.4 Å². The number of anilines is 1. The summed E-state index contributed by atoms with van der Waals surface area (Å²) in [7, 11) is 0. The summed E-state index contributed by atoms with van der Waals surface area (Å²) in [6.07, 6.45) is 1.33. The summed E-state index contributed by atoms with van der Waals surface area (Å²) in [6, 6.07) is 7.09. The molecule has 10 nitrogen and oxygen atoms in total. The molecule has 2 fully saturated rings. The van der Waals surface area contributed by atoms with Crippen LogP contribution in [-0.2, 0) is 19.1 Å². The minimum absolute atomic E-state index is 0.117. The minimum atomic E-state index is -1.30. The summed E-state index contributed by atoms with van der Waals surface area (Å²) >= 11 is 0. The van der Waals surface area contributed by atoms with Crippen molar-refractivity contribution in [3.8, 4) is 0 Å². The predicted molar refractivity (Wildman–Crippen MR) is 124 cm³/mol. The monoisotopic (exact) mass is 472 g/mol. The highest BCUT2D eigenvalue weighted by molar-refractivity contribution is 6.09. The molecular formula is C24H32N4O6. The zero-order chi connectivity index (χ0) is 25.1. The Balaban J connectivity index is 1.50. The Kier molecular flexibility index (Phi) is 7.28. The van der Waals surface area contributed by atoms with E-state index in [4.69, 9.17) is 4.74 Å². The molecule has 0 unspecified atom stereocenters. The Hall–Kier alpha value is -3.43. The number of rotatable bonds is 5. The SMILES string of the molecule is C[C@H](OC(=O)CN1C(=O)NC2(CCC(C(C)(C)C)CC2)C1=O)C(=O)NC(=O)Nc1ccccc1. The highest BCUT2D eigenvalue weighted by Gasteiger charge is 2.53. The second-order valence-electron chi connectivity index (χ2n) is 9.99. The van der Waals surface area contributed by atoms with Gasteiger partial charge in [0.2, 0.25) is 0 Å². The highest BCUT2D eigenvalue weighted by atomic mass is 16.5. The van der Waals surface area contributed by atoms with Gasteiger partial charge in [-0.05, 0) is 56.1 Å². The number of imide groups is 2. The zero-order valence-electron chi connectivity index (χ0n) is 20.0. The van der Waals surface area contributed by atoms with Gasteiger partial charge in [0.15, 0.2) is 6.10 Å². The Morgan fingerprint density at radius 1 is 1.15 bits per heavy atom. The van der Waals surface area contributed by atoms with Crippen molar-refractivity contribution >= 4 is 35.5 Å². The Morgan fingerprint density at radius 3 is 2.35 bits per heavy atom. The number of benzene rings is 1. The van der Waals surface area contributed by atoms with E-state index < -0.39 is 48.0 Å². The summed E-state index contributed by atoms with van der Waals surface area (Å²) in [6.45, 7) is 7.17. The maximum Gasteiger partial charge on any atom is 0.327 e. The molecule has 3 rings (SSSR count). The van der Waals surface area contributed by atoms with Gasteiger partial charge in [-0.1, -0.05) is 39.0 Å². The third-order valence-corrected chi connectivity index (χ3v) is 6.54. The van der Waals surface area contributed by atoms with Crippen LogP contribution in [-0.4, -0.2) is 52.9 Å². The van der Waals surface area contributed by atoms with E-state index in [9.17, 15) is 24.0 Å². The van der Waals surface area contributed by atoms with E-state index in [0.717, 1.165) is 17.7 Å². The van der Waals surface area contributed by atoms with Gasteiger partial charge in [0.25, 0.3) is 11.8 Å². The maximum absolute atomic E-state index is 13.0. The molecule has 1 aliphatic heterocycles. The fourth-order valence-corrected chi connectivity index (χ4v) is 4.45. The van der Waals surface area contributed by atoms with Crippen LogP contribution in [0.2, 0.25) is 0 Å². The molecule has 0 radical (unpaired) electrons. The second-order valence-corrected chi connectivity index (χ2v) is 9.99. The topological polar surface area (TPSA) is 134 Å². The first kappa shape index (κ1) is 25.2. The molecule has 184 valence electrons. The number of carbonyl (C=O) groups is 5. The average molecular weight is 473 g/mol. The number of amides is 6. The maximum atomic E-state index is 13.0. The molecule has 1 aromatic rings. The van der Waals surface area contributed by atoms with E-state index in [2.05, 4.69) is 36.7 Å². The fraction of sp³-hybridized carbons (Fsp3) is 0.542. The number of urea groups is 2. The van der Waals surface area contributed by atoms with E-state index in [0.29, 0.717) is 24.4 Å². The lowest BCUT2D eigenvalue weighted by molar-refractivity contribution is -0.156. The third kappa shape index (κ3) is 5.73. The summed E-state index contributed by atoms with van der Waals surface area (Å²) in [5.41, 5.74) is -0.384. The van der Waals surface area contributed by atoms with Crippen LogP contribution in [0.1, 0.15) is 53.4 Å². The van der Waals surface area contributed by atoms with Gasteiger partial charge in [-0.25, -0.2) is 9.59 Å². The predicted octanol–water partition coefficient (Wildman–Crippen LogP) is 2.79. The zero-order valence-corrected chi connectivity index (χ0v) is 20.0. The van der Waals surface area contributed by atoms with Crippen molar-refractivity contribution in [1.82, 2.24) is 15.5 Å². The standard InChI is InChI=1S/C24H32N4O6/c1-15(19(30)26-21(32)25-17-8-6-5-7-9-17)34-18(29)14-28-20(31)24(27-22(28)33)12-10-16(11-13-24)23(2,3)4/h5-9,15-16H,10-14H2,1-4H3,(H,27,33)(H2,25,26,30,32)/t15-,16?,24?/m0/s1. The largest absolute Gasteiger partial charge is 0.451 e. The number of nitrogens with one attached hydrogen (secondary N) is 3. The number of carbonyl (C=O) groups excluding carboxylic acids is 5. The van der Waals surface area contributed by atoms with Crippen LogP contribution in [0.4, 0.5) is 15.3 Å². The van der Waals surface area contributed by atoms with Gasteiger partial charge in [0.1, 0.15) is 12.1 Å². The van der Waals surface area contributed by atoms with E-state index >= 15 is 0 Å². The van der Waals surface area contributed by atoms with Gasteiger partial charge >= 0.3 is 18.0 Å². The van der Waals surface area contributed by atoms with Gasteiger partial charge in [0.05, 0.1) is 0 Å². The third-order valence-electron chi connectivity index (χ3n) is 6.54. The van der Waals surface area contributed by atoms with Gasteiger partial charge in [-0.3, -0.25) is 24.6 Å². The number of hydrogen-bond acceptors (Lipinski definition) is 6. The molecule has 1 heterocycles. The van der Waals surface area contributed by atoms with Gasteiger partial charge in [-0.15, -0.1) is 0 Å². The van der Waals surface area contributed by atoms with Crippen molar-refractivity contribution in [3.63, 3.8) is 0 Å². The van der Waals surface area contributed by atoms with Crippen LogP contribution >= 0.6 is 0 Å². The van der Waals surface area contributed by atoms with Gasteiger partial charge in [-0.2, -0.15) is 0 Å². The Labute approximate surface area is 198 Å². The van der Waals surface area contributed by atoms with E-state index in [-0.39, 0.29) is 5.41 Å². The van der Waals surface area contributed by atoms with Gasteiger partial charge in [0, 0.05) is 5.69 Å². The second kappa shape index (κ2) is 9.82. The summed E-state index contributed by atoms with van der Waals surface area (Å²) < 4.78 is 5.05. The molecule has 2 aliphatic rings. The molecule has 6 amide bonds. The van der Waals surface area contributed by atoms with Crippen LogP contribution in [0.15, 0.2) is 30.3 Å². The van der Waals surface area contributed by atoms with E-state index in [1.807, 2.05) is 0 Å². The van der Waals surface area contributed by atoms with Crippen LogP contribution in [0.25, 0.3) is 0 Å². The van der Waals surface area contributed by atoms with Crippen molar-refractivity contribution in [3.05, 3.63) is 30.3 Å². The van der Waals surface area contributed by atoms with Crippen molar-refractivity contribution in [2.75, 3.05) is 11.9 Å². The molecule has 1 aliphatic carbocycles. The summed E-state index contributed by atoms with van der Waals surface area (Å²) in [5, 5.41) is 7.33. The molecule has 1 saturated heterocycles. The summed E-state index contributed by atoms with van der Waals surface area (Å²) in [5.74, 6) is -1.76. The number of hydrogen-bond donors (Lipinski definition) is 3. The summed E-state index contributed by atoms with van der Waals surface area (Å²) in [4.78, 5) is 62.8. The normalized spacial score (nSPS) is 23.3. The first-order valence-electron chi connectivity index (χ1n) is 11.4. The number of nitrogens with zero attached hydrogens (tertiary/aromatic N) is 1. The molecule has 1 atom stereocenters. The average Bonchev–Trinajstić information content (AvgIpc) is 2.97. The van der Waals surface area contributed by atoms with Crippen LogP contribution in [0, 0.1) is 11.3 Å². The van der Waals surface area contributed by atoms with E-state index in [1.165, 1.54) is 6.92 Å². The highest BCUT2D eigenvalue weighted by Crippen LogP contribution is 2.43. The lowest BCUT2D eigenvalue weighted by Gasteiger charge is -2.40. The Morgan fingerprint density at radius 2 is 1.76 bits per heavy atom. The molecule has 3 N–H and O–H groups in total. The van der Waals surface area contributed by atoms with Crippen molar-refractivity contribution in [1.29, 1.82) is 0 Å². The molecule has 0 aromatic heterocycles. The number of ether oxygens (including phenoxy) is 1. The molecule has 0 bridgehead atoms. The molecule has 1 saturated carbocycles. The molecule has 1 spiro atoms. The molecule has 1 aromatic carbocycles. The smallest absolute Gasteiger partial charge is 0.327 e. The lowest BCUT2D eigenvalue weighted by atomic mass is 9.67. The number of para-hydroxylation sites is 1. The van der Waals surface area contributed by atoms with Crippen LogP contribution in [0.3, 0.4) is 0 Å². The minimum Gasteiger partial charge on any atom is -0.451 e. The number of esters is 1. The molecule has 34 heavy (non-hydrogen) atoms. The van der Waals surface area contributed by atoms with Crippen molar-refractivity contribution in [2.45, 2.75) is 65.0 Å². The molecular weight excluding hydrogens is 440 g/mol. The van der Waals surface area contributed by atoms with Crippen molar-refractivity contribution in [2.24, 2.45) is 11.3 Å². The first-order chi connectivity index (χ1) is 15.9. The fourth-order valence-electron chi connectivity index (χ4n) is 4.45. The van der Waals surface area contributed by atoms with Crippen LogP contribution < -0.4 is 16.0 Å².